The second-order valence-corrected chi connectivity index (χ2v) is 12.0. The van der Waals surface area contributed by atoms with E-state index in [9.17, 15) is 4.79 Å². The van der Waals surface area contributed by atoms with Gasteiger partial charge in [0, 0.05) is 11.8 Å². The van der Waals surface area contributed by atoms with Crippen LogP contribution in [0.4, 0.5) is 4.39 Å². The molecule has 0 aliphatic rings. The van der Waals surface area contributed by atoms with Crippen LogP contribution in [-0.2, 0) is 11.2 Å². The summed E-state index contributed by atoms with van der Waals surface area (Å²) in [7, 11) is 0. The minimum Gasteiger partial charge on any atom is -0.424 e. The summed E-state index contributed by atoms with van der Waals surface area (Å²) in [6, 6.07) is 19.8. The van der Waals surface area contributed by atoms with Crippen LogP contribution in [-0.4, -0.2) is 16.6 Å². The Morgan fingerprint density at radius 2 is 1.29 bits per heavy atom. The number of carbonyl (C=O) groups is 1. The van der Waals surface area contributed by atoms with Crippen molar-refractivity contribution in [3.8, 4) is 28.1 Å². The maximum Gasteiger partial charge on any atom is 0.348 e. The van der Waals surface area contributed by atoms with E-state index in [1.807, 2.05) is 30.5 Å². The average Bonchev–Trinajstić information content (AvgIpc) is 3.01. The van der Waals surface area contributed by atoms with Gasteiger partial charge in [-0.2, -0.15) is 0 Å². The van der Waals surface area contributed by atoms with Crippen molar-refractivity contribution >= 4 is 5.97 Å². The van der Waals surface area contributed by atoms with Gasteiger partial charge in [-0.05, 0) is 67.5 Å². The van der Waals surface area contributed by atoms with Crippen LogP contribution < -0.4 is 4.74 Å². The number of esters is 1. The third kappa shape index (κ3) is 11.3. The number of ether oxygens (including phenoxy) is 1. The summed E-state index contributed by atoms with van der Waals surface area (Å²) < 4.78 is 20.6. The molecule has 3 rings (SSSR count). The topological polar surface area (TPSA) is 39.2 Å². The van der Waals surface area contributed by atoms with Gasteiger partial charge in [-0.15, -0.1) is 0 Å². The molecule has 4 heteroatoms. The molecule has 0 radical (unpaired) electrons. The van der Waals surface area contributed by atoms with Gasteiger partial charge in [-0.1, -0.05) is 133 Å². The van der Waals surface area contributed by atoms with Crippen molar-refractivity contribution in [1.82, 2.24) is 4.98 Å². The molecule has 1 aromatic heterocycles. The summed E-state index contributed by atoms with van der Waals surface area (Å²) in [5.41, 5.74) is 3.32. The molecule has 0 fully saturated rings. The number of carbonyl (C=O) groups excluding carboxylic acids is 1. The van der Waals surface area contributed by atoms with Crippen molar-refractivity contribution in [2.45, 2.75) is 129 Å². The Kier molecular flexibility index (Phi) is 14.8. The standard InChI is InChI=1S/C38H52FNO2/c1-4-6-8-10-12-13-15-19-29-38(3,39)37(41)42-33-26-24-32(25-27-33)34-21-17-18-22-35(34)36-28-23-31(30-40-36)20-16-14-11-9-7-5-2/h17-18,21-28,30H,4-16,19-20,29H2,1-3H3. The molecule has 0 aliphatic heterocycles. The lowest BCUT2D eigenvalue weighted by atomic mass is 9.96. The fraction of sp³-hybridized carbons (Fsp3) is 0.526. The van der Waals surface area contributed by atoms with Crippen molar-refractivity contribution < 1.29 is 13.9 Å². The molecule has 0 saturated heterocycles. The number of benzene rings is 2. The van der Waals surface area contributed by atoms with Gasteiger partial charge < -0.3 is 4.74 Å². The maximum atomic E-state index is 15.1. The fourth-order valence-electron chi connectivity index (χ4n) is 5.41. The Morgan fingerprint density at radius 1 is 0.714 bits per heavy atom. The SMILES string of the molecule is CCCCCCCCCCC(C)(F)C(=O)Oc1ccc(-c2ccccc2-c2ccc(CCCCCCCC)cn2)cc1. The van der Waals surface area contributed by atoms with E-state index in [2.05, 4.69) is 38.1 Å². The van der Waals surface area contributed by atoms with E-state index in [1.165, 1.54) is 83.1 Å². The number of pyridine rings is 1. The monoisotopic (exact) mass is 573 g/mol. The van der Waals surface area contributed by atoms with E-state index in [0.29, 0.717) is 12.2 Å². The molecule has 3 nitrogen and oxygen atoms in total. The summed E-state index contributed by atoms with van der Waals surface area (Å²) >= 11 is 0. The normalized spacial score (nSPS) is 12.7. The van der Waals surface area contributed by atoms with Gasteiger partial charge in [0.25, 0.3) is 0 Å². The largest absolute Gasteiger partial charge is 0.424 e. The molecule has 3 aromatic rings. The molecule has 0 spiro atoms. The van der Waals surface area contributed by atoms with Crippen LogP contribution in [0.5, 0.6) is 5.75 Å². The lowest BCUT2D eigenvalue weighted by Crippen LogP contribution is -2.34. The van der Waals surface area contributed by atoms with Gasteiger partial charge >= 0.3 is 5.97 Å². The molecule has 0 aliphatic carbocycles. The minimum absolute atomic E-state index is 0.191. The fourth-order valence-corrected chi connectivity index (χ4v) is 5.41. The van der Waals surface area contributed by atoms with Crippen LogP contribution in [0.25, 0.3) is 22.4 Å². The third-order valence-corrected chi connectivity index (χ3v) is 8.15. The van der Waals surface area contributed by atoms with E-state index in [0.717, 1.165) is 41.6 Å². The predicted octanol–water partition coefficient (Wildman–Crippen LogP) is 11.5. The van der Waals surface area contributed by atoms with Crippen molar-refractivity contribution in [2.24, 2.45) is 0 Å². The maximum absolute atomic E-state index is 15.1. The molecule has 0 amide bonds. The predicted molar refractivity (Wildman–Crippen MR) is 175 cm³/mol. The molecule has 0 saturated carbocycles. The van der Waals surface area contributed by atoms with Gasteiger partial charge in [0.05, 0.1) is 5.69 Å². The van der Waals surface area contributed by atoms with E-state index in [1.54, 1.807) is 12.1 Å². The number of hydrogen-bond donors (Lipinski definition) is 0. The highest BCUT2D eigenvalue weighted by Crippen LogP contribution is 2.32. The Labute approximate surface area is 254 Å². The third-order valence-electron chi connectivity index (χ3n) is 8.15. The van der Waals surface area contributed by atoms with Crippen LogP contribution in [0.2, 0.25) is 0 Å². The van der Waals surface area contributed by atoms with Crippen LogP contribution in [0.3, 0.4) is 0 Å². The number of aromatic nitrogens is 1. The molecule has 228 valence electrons. The van der Waals surface area contributed by atoms with Gasteiger partial charge in [-0.3, -0.25) is 4.98 Å². The number of aryl methyl sites for hydroxylation is 1. The second kappa shape index (κ2) is 18.5. The van der Waals surface area contributed by atoms with Crippen LogP contribution >= 0.6 is 0 Å². The minimum atomic E-state index is -1.99. The Hall–Kier alpha value is -3.01. The summed E-state index contributed by atoms with van der Waals surface area (Å²) in [5, 5.41) is 0. The molecule has 0 bridgehead atoms. The molecular weight excluding hydrogens is 521 g/mol. The van der Waals surface area contributed by atoms with E-state index < -0.39 is 11.6 Å². The van der Waals surface area contributed by atoms with Crippen LogP contribution in [0.15, 0.2) is 66.9 Å². The van der Waals surface area contributed by atoms with Crippen molar-refractivity contribution in [3.05, 3.63) is 72.4 Å². The van der Waals surface area contributed by atoms with Crippen molar-refractivity contribution in [1.29, 1.82) is 0 Å². The summed E-state index contributed by atoms with van der Waals surface area (Å²) in [4.78, 5) is 17.4. The van der Waals surface area contributed by atoms with Gasteiger partial charge in [0.1, 0.15) is 5.75 Å². The summed E-state index contributed by atoms with van der Waals surface area (Å²) in [6.45, 7) is 5.80. The number of unbranched alkanes of at least 4 members (excludes halogenated alkanes) is 12. The summed E-state index contributed by atoms with van der Waals surface area (Å²) in [6.07, 6.45) is 20.0. The summed E-state index contributed by atoms with van der Waals surface area (Å²) in [5.74, 6) is -0.456. The van der Waals surface area contributed by atoms with Crippen molar-refractivity contribution in [3.63, 3.8) is 0 Å². The molecular formula is C38H52FNO2. The van der Waals surface area contributed by atoms with E-state index in [-0.39, 0.29) is 6.42 Å². The van der Waals surface area contributed by atoms with Gasteiger partial charge in [0.15, 0.2) is 0 Å². The molecule has 1 atom stereocenters. The Bertz CT molecular complexity index is 1170. The second-order valence-electron chi connectivity index (χ2n) is 12.0. The smallest absolute Gasteiger partial charge is 0.348 e. The zero-order chi connectivity index (χ0) is 30.0. The zero-order valence-electron chi connectivity index (χ0n) is 26.3. The van der Waals surface area contributed by atoms with Gasteiger partial charge in [-0.25, -0.2) is 9.18 Å². The van der Waals surface area contributed by atoms with Crippen LogP contribution in [0, 0.1) is 0 Å². The number of rotatable bonds is 20. The number of halogens is 1. The molecule has 2 aromatic carbocycles. The van der Waals surface area contributed by atoms with E-state index in [4.69, 9.17) is 9.72 Å². The average molecular weight is 574 g/mol. The Morgan fingerprint density at radius 3 is 1.88 bits per heavy atom. The number of nitrogens with zero attached hydrogens (tertiary/aromatic N) is 1. The molecule has 1 unspecified atom stereocenters. The van der Waals surface area contributed by atoms with Crippen LogP contribution in [0.1, 0.15) is 123 Å². The highest BCUT2D eigenvalue weighted by Gasteiger charge is 2.34. The van der Waals surface area contributed by atoms with Gasteiger partial charge in [0.2, 0.25) is 5.67 Å². The zero-order valence-corrected chi connectivity index (χ0v) is 26.3. The number of hydrogen-bond acceptors (Lipinski definition) is 3. The number of alkyl halides is 1. The quantitative estimate of drug-likeness (QED) is 0.0766. The highest BCUT2D eigenvalue weighted by atomic mass is 19.1. The van der Waals surface area contributed by atoms with Crippen molar-refractivity contribution in [2.75, 3.05) is 0 Å². The first-order valence-corrected chi connectivity index (χ1v) is 16.5. The first-order chi connectivity index (χ1) is 20.4. The Balaban J connectivity index is 1.53. The highest BCUT2D eigenvalue weighted by molar-refractivity contribution is 5.83. The lowest BCUT2D eigenvalue weighted by Gasteiger charge is -2.18. The van der Waals surface area contributed by atoms with E-state index >= 15 is 4.39 Å². The first kappa shape index (κ1) is 33.5. The molecule has 0 N–H and O–H groups in total. The first-order valence-electron chi connectivity index (χ1n) is 16.5. The molecule has 1 heterocycles. The lowest BCUT2D eigenvalue weighted by molar-refractivity contribution is -0.147. The molecule has 42 heavy (non-hydrogen) atoms.